The van der Waals surface area contributed by atoms with Crippen LogP contribution in [0.4, 0.5) is 13.2 Å². The van der Waals surface area contributed by atoms with E-state index in [1.807, 2.05) is 0 Å². The molecule has 2 aromatic rings. The lowest BCUT2D eigenvalue weighted by Gasteiger charge is -2.20. The van der Waals surface area contributed by atoms with Crippen LogP contribution in [0.2, 0.25) is 0 Å². The van der Waals surface area contributed by atoms with Gasteiger partial charge in [0.05, 0.1) is 12.3 Å². The maximum Gasteiger partial charge on any atom is 0.573 e. The van der Waals surface area contributed by atoms with E-state index in [2.05, 4.69) is 10.2 Å². The van der Waals surface area contributed by atoms with Gasteiger partial charge in [-0.1, -0.05) is 18.2 Å². The van der Waals surface area contributed by atoms with Crippen molar-refractivity contribution in [1.82, 2.24) is 5.43 Å². The molecule has 0 amide bonds. The van der Waals surface area contributed by atoms with Gasteiger partial charge >= 0.3 is 6.36 Å². The van der Waals surface area contributed by atoms with Gasteiger partial charge in [-0.15, -0.1) is 13.2 Å². The molecule has 0 aliphatic heterocycles. The molecule has 114 valence electrons. The summed E-state index contributed by atoms with van der Waals surface area (Å²) in [5.74, 6) is 5.94. The molecule has 0 radical (unpaired) electrons. The fraction of sp³-hybridized carbons (Fsp3) is 0.286. The van der Waals surface area contributed by atoms with Gasteiger partial charge in [0.1, 0.15) is 11.5 Å². The summed E-state index contributed by atoms with van der Waals surface area (Å²) in [7, 11) is 0. The van der Waals surface area contributed by atoms with E-state index in [0.717, 1.165) is 5.76 Å². The molecular formula is C14H15F3N2O2. The van der Waals surface area contributed by atoms with E-state index >= 15 is 0 Å². The van der Waals surface area contributed by atoms with Gasteiger partial charge in [0.15, 0.2) is 0 Å². The lowest BCUT2D eigenvalue weighted by Crippen LogP contribution is -2.29. The number of benzene rings is 1. The minimum atomic E-state index is -4.74. The van der Waals surface area contributed by atoms with Crippen LogP contribution < -0.4 is 16.0 Å². The quantitative estimate of drug-likeness (QED) is 0.634. The number of rotatable bonds is 6. The van der Waals surface area contributed by atoms with Crippen molar-refractivity contribution in [3.8, 4) is 5.75 Å². The molecule has 0 bridgehead atoms. The summed E-state index contributed by atoms with van der Waals surface area (Å²) >= 11 is 0. The van der Waals surface area contributed by atoms with Gasteiger partial charge in [-0.05, 0) is 24.6 Å². The minimum Gasteiger partial charge on any atom is -0.469 e. The summed E-state index contributed by atoms with van der Waals surface area (Å²) in [5, 5.41) is 0. The van der Waals surface area contributed by atoms with Gasteiger partial charge in [-0.3, -0.25) is 11.3 Å². The van der Waals surface area contributed by atoms with Crippen molar-refractivity contribution in [1.29, 1.82) is 0 Å². The van der Waals surface area contributed by atoms with Crippen LogP contribution in [-0.2, 0) is 6.42 Å². The summed E-state index contributed by atoms with van der Waals surface area (Å²) in [6.45, 7) is 0. The molecular weight excluding hydrogens is 285 g/mol. The third-order valence-corrected chi connectivity index (χ3v) is 2.98. The first-order valence-electron chi connectivity index (χ1n) is 6.33. The maximum atomic E-state index is 12.4. The van der Waals surface area contributed by atoms with E-state index in [4.69, 9.17) is 10.3 Å². The largest absolute Gasteiger partial charge is 0.573 e. The minimum absolute atomic E-state index is 0.257. The first-order valence-corrected chi connectivity index (χ1v) is 6.33. The molecule has 0 aliphatic carbocycles. The molecule has 21 heavy (non-hydrogen) atoms. The van der Waals surface area contributed by atoms with E-state index in [1.54, 1.807) is 30.5 Å². The number of para-hydroxylation sites is 1. The molecule has 0 fully saturated rings. The Morgan fingerprint density at radius 2 is 1.95 bits per heavy atom. The molecule has 2 rings (SSSR count). The highest BCUT2D eigenvalue weighted by atomic mass is 19.4. The Kier molecular flexibility index (Phi) is 4.87. The molecule has 1 atom stereocenters. The Morgan fingerprint density at radius 1 is 1.19 bits per heavy atom. The Bertz CT molecular complexity index is 556. The number of hydrazine groups is 1. The van der Waals surface area contributed by atoms with E-state index in [0.29, 0.717) is 18.4 Å². The van der Waals surface area contributed by atoms with Gasteiger partial charge in [-0.25, -0.2) is 0 Å². The van der Waals surface area contributed by atoms with Crippen LogP contribution in [0.25, 0.3) is 0 Å². The SMILES string of the molecule is NNC(CCc1ccco1)c1ccccc1OC(F)(F)F. The molecule has 0 aliphatic rings. The highest BCUT2D eigenvalue weighted by Gasteiger charge is 2.32. The van der Waals surface area contributed by atoms with Crippen molar-refractivity contribution in [2.45, 2.75) is 25.2 Å². The molecule has 1 unspecified atom stereocenters. The van der Waals surface area contributed by atoms with Crippen molar-refractivity contribution in [3.63, 3.8) is 0 Å². The third-order valence-electron chi connectivity index (χ3n) is 2.98. The van der Waals surface area contributed by atoms with Crippen molar-refractivity contribution in [2.75, 3.05) is 0 Å². The molecule has 0 spiro atoms. The monoisotopic (exact) mass is 300 g/mol. The average molecular weight is 300 g/mol. The van der Waals surface area contributed by atoms with Crippen LogP contribution in [0.3, 0.4) is 0 Å². The molecule has 1 aromatic heterocycles. The zero-order valence-corrected chi connectivity index (χ0v) is 11.1. The van der Waals surface area contributed by atoms with Crippen molar-refractivity contribution in [3.05, 3.63) is 54.0 Å². The first-order chi connectivity index (χ1) is 9.99. The Morgan fingerprint density at radius 3 is 2.57 bits per heavy atom. The predicted molar refractivity (Wildman–Crippen MR) is 70.2 cm³/mol. The molecule has 3 N–H and O–H groups in total. The Balaban J connectivity index is 2.13. The van der Waals surface area contributed by atoms with Gasteiger partial charge < -0.3 is 9.15 Å². The van der Waals surface area contributed by atoms with E-state index < -0.39 is 12.4 Å². The summed E-state index contributed by atoms with van der Waals surface area (Å²) in [6, 6.07) is 9.00. The van der Waals surface area contributed by atoms with Gasteiger partial charge in [0.25, 0.3) is 0 Å². The van der Waals surface area contributed by atoms with E-state index in [-0.39, 0.29) is 5.75 Å². The number of furan rings is 1. The second-order valence-electron chi connectivity index (χ2n) is 4.42. The number of halogens is 3. The highest BCUT2D eigenvalue weighted by molar-refractivity contribution is 5.36. The van der Waals surface area contributed by atoms with Crippen LogP contribution >= 0.6 is 0 Å². The van der Waals surface area contributed by atoms with Crippen LogP contribution in [-0.4, -0.2) is 6.36 Å². The third kappa shape index (κ3) is 4.51. The highest BCUT2D eigenvalue weighted by Crippen LogP contribution is 2.31. The summed E-state index contributed by atoms with van der Waals surface area (Å²) in [6.07, 6.45) is -2.18. The summed E-state index contributed by atoms with van der Waals surface area (Å²) in [4.78, 5) is 0. The second kappa shape index (κ2) is 6.64. The smallest absolute Gasteiger partial charge is 0.469 e. The van der Waals surface area contributed by atoms with Crippen molar-refractivity contribution >= 4 is 0 Å². The molecule has 7 heteroatoms. The molecule has 4 nitrogen and oxygen atoms in total. The number of aryl methyl sites for hydroxylation is 1. The lowest BCUT2D eigenvalue weighted by atomic mass is 10.0. The Hall–Kier alpha value is -1.99. The topological polar surface area (TPSA) is 60.4 Å². The summed E-state index contributed by atoms with van der Waals surface area (Å²) < 4.78 is 46.5. The van der Waals surface area contributed by atoms with E-state index in [1.165, 1.54) is 12.1 Å². The number of hydrogen-bond acceptors (Lipinski definition) is 4. The van der Waals surface area contributed by atoms with Crippen LogP contribution in [0.1, 0.15) is 23.8 Å². The number of alkyl halides is 3. The van der Waals surface area contributed by atoms with Crippen LogP contribution in [0.15, 0.2) is 47.1 Å². The second-order valence-corrected chi connectivity index (χ2v) is 4.42. The average Bonchev–Trinajstić information content (AvgIpc) is 2.92. The molecule has 1 aromatic carbocycles. The predicted octanol–water partition coefficient (Wildman–Crippen LogP) is 3.32. The van der Waals surface area contributed by atoms with E-state index in [9.17, 15) is 13.2 Å². The lowest BCUT2D eigenvalue weighted by molar-refractivity contribution is -0.275. The zero-order chi connectivity index (χ0) is 15.3. The maximum absolute atomic E-state index is 12.4. The van der Waals surface area contributed by atoms with Crippen molar-refractivity contribution in [2.24, 2.45) is 5.84 Å². The fourth-order valence-electron chi connectivity index (χ4n) is 2.06. The summed E-state index contributed by atoms with van der Waals surface area (Å²) in [5.41, 5.74) is 2.87. The van der Waals surface area contributed by atoms with Crippen LogP contribution in [0, 0.1) is 0 Å². The number of hydrogen-bond donors (Lipinski definition) is 2. The number of ether oxygens (including phenoxy) is 1. The van der Waals surface area contributed by atoms with Gasteiger partial charge in [0, 0.05) is 12.0 Å². The number of nitrogens with one attached hydrogen (secondary N) is 1. The molecule has 0 saturated heterocycles. The fourth-order valence-corrected chi connectivity index (χ4v) is 2.06. The standard InChI is InChI=1S/C14H15F3N2O2/c15-14(16,17)21-13-6-2-1-5-11(13)12(19-18)8-7-10-4-3-9-20-10/h1-6,9,12,19H,7-8,18H2. The van der Waals surface area contributed by atoms with Gasteiger partial charge in [-0.2, -0.15) is 0 Å². The van der Waals surface area contributed by atoms with Gasteiger partial charge in [0.2, 0.25) is 0 Å². The molecule has 0 saturated carbocycles. The normalized spacial score (nSPS) is 13.1. The Labute approximate surface area is 119 Å². The molecule has 1 heterocycles. The van der Waals surface area contributed by atoms with Crippen molar-refractivity contribution < 1.29 is 22.3 Å². The number of nitrogens with two attached hydrogens (primary N) is 1. The first kappa shape index (κ1) is 15.4. The van der Waals surface area contributed by atoms with Crippen LogP contribution in [0.5, 0.6) is 5.75 Å². The zero-order valence-electron chi connectivity index (χ0n) is 11.1.